The average molecular weight is 306 g/mol. The van der Waals surface area contributed by atoms with Crippen LogP contribution in [-0.2, 0) is 23.8 Å². The minimum absolute atomic E-state index is 0.0498. The van der Waals surface area contributed by atoms with E-state index in [9.17, 15) is 14.4 Å². The first-order valence-electron chi connectivity index (χ1n) is 6.69. The molecule has 0 bridgehead atoms. The Hall–Kier alpha value is -2.47. The number of hydrogen-bond acceptors (Lipinski definition) is 6. The Balaban J connectivity index is 2.12. The van der Waals surface area contributed by atoms with E-state index in [1.165, 1.54) is 12.1 Å². The van der Waals surface area contributed by atoms with Crippen LogP contribution in [0.2, 0.25) is 0 Å². The zero-order chi connectivity index (χ0) is 16.4. The Morgan fingerprint density at radius 3 is 2.00 bits per heavy atom. The van der Waals surface area contributed by atoms with Crippen LogP contribution in [0.4, 0.5) is 0 Å². The molecule has 0 heterocycles. The van der Waals surface area contributed by atoms with Gasteiger partial charge in [-0.25, -0.2) is 9.59 Å². The van der Waals surface area contributed by atoms with Crippen molar-refractivity contribution in [1.29, 1.82) is 0 Å². The van der Waals surface area contributed by atoms with Gasteiger partial charge in [0.05, 0.1) is 13.2 Å². The van der Waals surface area contributed by atoms with E-state index in [1.807, 2.05) is 0 Å². The number of ketones is 1. The topological polar surface area (TPSA) is 78.9 Å². The molecule has 0 saturated carbocycles. The molecular formula is C16H18O6. The highest BCUT2D eigenvalue weighted by Crippen LogP contribution is 2.01. The van der Waals surface area contributed by atoms with Crippen molar-refractivity contribution in [2.75, 3.05) is 26.4 Å². The normalized spacial score (nSPS) is 9.86. The number of ether oxygens (including phenoxy) is 3. The molecule has 0 atom stereocenters. The van der Waals surface area contributed by atoms with Gasteiger partial charge in [-0.15, -0.1) is 0 Å². The summed E-state index contributed by atoms with van der Waals surface area (Å²) in [5.74, 6) is -2.11. The Labute approximate surface area is 128 Å². The lowest BCUT2D eigenvalue weighted by molar-refractivity contribution is -0.141. The third kappa shape index (κ3) is 6.32. The first kappa shape index (κ1) is 17.6. The number of esters is 2. The maximum absolute atomic E-state index is 11.7. The zero-order valence-corrected chi connectivity index (χ0v) is 12.4. The molecule has 0 radical (unpaired) electrons. The summed E-state index contributed by atoms with van der Waals surface area (Å²) in [5, 5.41) is 0. The smallest absolute Gasteiger partial charge is 0.379 e. The van der Waals surface area contributed by atoms with Crippen LogP contribution in [0.3, 0.4) is 0 Å². The first-order chi connectivity index (χ1) is 10.5. The van der Waals surface area contributed by atoms with E-state index in [-0.39, 0.29) is 32.0 Å². The van der Waals surface area contributed by atoms with Crippen molar-refractivity contribution in [3.8, 4) is 0 Å². The lowest BCUT2D eigenvalue weighted by atomic mass is 10.1. The monoisotopic (exact) mass is 306 g/mol. The summed E-state index contributed by atoms with van der Waals surface area (Å²) in [6.07, 6.45) is 0. The molecule has 0 aromatic heterocycles. The SMILES string of the molecule is C=C(C)C(=O)OCCOCCOC(=O)C(=O)c1ccccc1. The van der Waals surface area contributed by atoms with Crippen molar-refractivity contribution in [3.05, 3.63) is 48.0 Å². The molecule has 0 unspecified atom stereocenters. The molecule has 0 aliphatic carbocycles. The summed E-state index contributed by atoms with van der Waals surface area (Å²) in [6, 6.07) is 8.15. The van der Waals surface area contributed by atoms with E-state index in [4.69, 9.17) is 14.2 Å². The lowest BCUT2D eigenvalue weighted by Crippen LogP contribution is -2.20. The third-order valence-corrected chi connectivity index (χ3v) is 2.49. The number of hydrogen-bond donors (Lipinski definition) is 0. The molecule has 0 fully saturated rings. The molecule has 6 nitrogen and oxygen atoms in total. The van der Waals surface area contributed by atoms with Gasteiger partial charge in [-0.2, -0.15) is 0 Å². The fourth-order valence-electron chi connectivity index (χ4n) is 1.38. The van der Waals surface area contributed by atoms with Crippen molar-refractivity contribution >= 4 is 17.7 Å². The molecule has 0 aliphatic rings. The minimum Gasteiger partial charge on any atom is -0.460 e. The molecule has 0 spiro atoms. The van der Waals surface area contributed by atoms with Crippen molar-refractivity contribution in [2.45, 2.75) is 6.92 Å². The van der Waals surface area contributed by atoms with Gasteiger partial charge in [0.2, 0.25) is 0 Å². The number of carbonyl (C=O) groups excluding carboxylic acids is 3. The Morgan fingerprint density at radius 2 is 1.45 bits per heavy atom. The average Bonchev–Trinajstić information content (AvgIpc) is 2.53. The van der Waals surface area contributed by atoms with Crippen molar-refractivity contribution in [3.63, 3.8) is 0 Å². The molecular weight excluding hydrogens is 288 g/mol. The van der Waals surface area contributed by atoms with Crippen LogP contribution >= 0.6 is 0 Å². The molecule has 22 heavy (non-hydrogen) atoms. The van der Waals surface area contributed by atoms with Crippen LogP contribution < -0.4 is 0 Å². The molecule has 0 N–H and O–H groups in total. The standard InChI is InChI=1S/C16H18O6/c1-12(2)15(18)21-10-8-20-9-11-22-16(19)14(17)13-6-4-3-5-7-13/h3-7H,1,8-11H2,2H3. The summed E-state index contributed by atoms with van der Waals surface area (Å²) in [4.78, 5) is 34.2. The van der Waals surface area contributed by atoms with Gasteiger partial charge >= 0.3 is 11.9 Å². The van der Waals surface area contributed by atoms with Crippen molar-refractivity contribution in [1.82, 2.24) is 0 Å². The van der Waals surface area contributed by atoms with Gasteiger partial charge in [-0.1, -0.05) is 36.9 Å². The summed E-state index contributed by atoms with van der Waals surface area (Å²) >= 11 is 0. The molecule has 118 valence electrons. The number of rotatable bonds is 9. The van der Waals surface area contributed by atoms with Gasteiger partial charge in [0.25, 0.3) is 5.78 Å². The Kier molecular flexibility index (Phi) is 7.56. The van der Waals surface area contributed by atoms with Crippen molar-refractivity contribution in [2.24, 2.45) is 0 Å². The summed E-state index contributed by atoms with van der Waals surface area (Å²) in [6.45, 7) is 5.30. The van der Waals surface area contributed by atoms with E-state index in [0.717, 1.165) is 0 Å². The molecule has 1 aromatic carbocycles. The van der Waals surface area contributed by atoms with E-state index < -0.39 is 17.7 Å². The van der Waals surface area contributed by atoms with Crippen LogP contribution in [0.25, 0.3) is 0 Å². The second-order valence-electron chi connectivity index (χ2n) is 4.36. The van der Waals surface area contributed by atoms with Gasteiger partial charge in [0, 0.05) is 11.1 Å². The van der Waals surface area contributed by atoms with E-state index in [0.29, 0.717) is 5.57 Å². The molecule has 0 amide bonds. The van der Waals surface area contributed by atoms with E-state index in [1.54, 1.807) is 25.1 Å². The highest BCUT2D eigenvalue weighted by molar-refractivity contribution is 6.40. The highest BCUT2D eigenvalue weighted by atomic mass is 16.6. The minimum atomic E-state index is -0.927. The van der Waals surface area contributed by atoms with Crippen LogP contribution in [0.1, 0.15) is 17.3 Å². The first-order valence-corrected chi connectivity index (χ1v) is 6.69. The molecule has 6 heteroatoms. The summed E-state index contributed by atoms with van der Waals surface area (Å²) in [7, 11) is 0. The lowest BCUT2D eigenvalue weighted by Gasteiger charge is -2.06. The van der Waals surface area contributed by atoms with E-state index >= 15 is 0 Å². The van der Waals surface area contributed by atoms with Crippen molar-refractivity contribution < 1.29 is 28.6 Å². The second kappa shape index (κ2) is 9.46. The van der Waals surface area contributed by atoms with Gasteiger partial charge in [-0.3, -0.25) is 4.79 Å². The maximum atomic E-state index is 11.7. The molecule has 0 aliphatic heterocycles. The molecule has 1 aromatic rings. The Bertz CT molecular complexity index is 535. The van der Waals surface area contributed by atoms with Gasteiger partial charge in [0.15, 0.2) is 0 Å². The van der Waals surface area contributed by atoms with Crippen LogP contribution in [0.15, 0.2) is 42.5 Å². The fraction of sp³-hybridized carbons (Fsp3) is 0.312. The maximum Gasteiger partial charge on any atom is 0.379 e. The summed E-state index contributed by atoms with van der Waals surface area (Å²) < 4.78 is 14.7. The highest BCUT2D eigenvalue weighted by Gasteiger charge is 2.17. The summed E-state index contributed by atoms with van der Waals surface area (Å²) in [5.41, 5.74) is 0.591. The molecule has 0 saturated heterocycles. The van der Waals surface area contributed by atoms with Gasteiger partial charge < -0.3 is 14.2 Å². The van der Waals surface area contributed by atoms with Crippen LogP contribution in [0.5, 0.6) is 0 Å². The van der Waals surface area contributed by atoms with Gasteiger partial charge in [-0.05, 0) is 6.92 Å². The third-order valence-electron chi connectivity index (χ3n) is 2.49. The predicted molar refractivity (Wildman–Crippen MR) is 78.3 cm³/mol. The number of carbonyl (C=O) groups is 3. The molecule has 1 rings (SSSR count). The van der Waals surface area contributed by atoms with E-state index in [2.05, 4.69) is 6.58 Å². The van der Waals surface area contributed by atoms with Gasteiger partial charge in [0.1, 0.15) is 13.2 Å². The number of Topliss-reactive ketones (excluding diaryl/α,β-unsaturated/α-hetero) is 1. The number of benzene rings is 1. The fourth-order valence-corrected chi connectivity index (χ4v) is 1.38. The largest absolute Gasteiger partial charge is 0.460 e. The predicted octanol–water partition coefficient (Wildman–Crippen LogP) is 1.55. The second-order valence-corrected chi connectivity index (χ2v) is 4.36. The van der Waals surface area contributed by atoms with Crippen LogP contribution in [0, 0.1) is 0 Å². The van der Waals surface area contributed by atoms with Crippen LogP contribution in [-0.4, -0.2) is 44.1 Å². The quantitative estimate of drug-likeness (QED) is 0.226. The Morgan fingerprint density at radius 1 is 0.909 bits per heavy atom. The zero-order valence-electron chi connectivity index (χ0n) is 12.4.